The standard InChI is InChI=1S/C35H36N2/c1-23-12-14-31-28(20-23)29-21-24(2)13-15-32(29)36(31)26-18-25(3)19-27(22-26)37-33-11-7-6-10-30(33)34(4)16-8-9-17-35(34,37)5/h6-7,10-15,18-22H,8-9,16-17H2,1-5H3. The lowest BCUT2D eigenvalue weighted by molar-refractivity contribution is 0.195. The minimum absolute atomic E-state index is 0.0645. The van der Waals surface area contributed by atoms with Gasteiger partial charge in [0.1, 0.15) is 0 Å². The summed E-state index contributed by atoms with van der Waals surface area (Å²) in [6.07, 6.45) is 5.07. The third-order valence-corrected chi connectivity index (χ3v) is 9.65. The second-order valence-electron chi connectivity index (χ2n) is 12.1. The highest BCUT2D eigenvalue weighted by Crippen LogP contribution is 2.60. The number of hydrogen-bond acceptors (Lipinski definition) is 1. The zero-order valence-electron chi connectivity index (χ0n) is 22.7. The predicted molar refractivity (Wildman–Crippen MR) is 158 cm³/mol. The molecule has 0 spiro atoms. The summed E-state index contributed by atoms with van der Waals surface area (Å²) in [6, 6.07) is 30.1. The zero-order chi connectivity index (χ0) is 25.5. The molecule has 2 unspecified atom stereocenters. The topological polar surface area (TPSA) is 8.17 Å². The summed E-state index contributed by atoms with van der Waals surface area (Å²) >= 11 is 0. The third-order valence-electron chi connectivity index (χ3n) is 9.65. The van der Waals surface area contributed by atoms with Crippen LogP contribution in [0.4, 0.5) is 11.4 Å². The number of aryl methyl sites for hydroxylation is 3. The van der Waals surface area contributed by atoms with Crippen molar-refractivity contribution in [2.24, 2.45) is 0 Å². The average molecular weight is 485 g/mol. The Bertz CT molecular complexity index is 1650. The van der Waals surface area contributed by atoms with E-state index in [4.69, 9.17) is 0 Å². The van der Waals surface area contributed by atoms with E-state index in [-0.39, 0.29) is 11.0 Å². The first kappa shape index (κ1) is 22.7. The van der Waals surface area contributed by atoms with E-state index in [2.05, 4.69) is 123 Å². The molecule has 7 rings (SSSR count). The highest BCUT2D eigenvalue weighted by molar-refractivity contribution is 6.09. The Morgan fingerprint density at radius 1 is 0.622 bits per heavy atom. The molecule has 0 amide bonds. The molecule has 37 heavy (non-hydrogen) atoms. The van der Waals surface area contributed by atoms with E-state index >= 15 is 0 Å². The van der Waals surface area contributed by atoms with E-state index in [1.54, 1.807) is 0 Å². The highest BCUT2D eigenvalue weighted by Gasteiger charge is 2.57. The second-order valence-corrected chi connectivity index (χ2v) is 12.1. The smallest absolute Gasteiger partial charge is 0.0541 e. The molecule has 0 radical (unpaired) electrons. The maximum absolute atomic E-state index is 2.69. The fraction of sp³-hybridized carbons (Fsp3) is 0.314. The molecule has 186 valence electrons. The number of nitrogens with zero attached hydrogens (tertiary/aromatic N) is 2. The van der Waals surface area contributed by atoms with Crippen LogP contribution in [0.5, 0.6) is 0 Å². The Hall–Kier alpha value is -3.52. The monoisotopic (exact) mass is 484 g/mol. The number of fused-ring (bicyclic) bond motifs is 6. The van der Waals surface area contributed by atoms with Crippen molar-refractivity contribution in [1.29, 1.82) is 0 Å². The van der Waals surface area contributed by atoms with Crippen LogP contribution in [0, 0.1) is 20.8 Å². The molecule has 1 saturated carbocycles. The molecule has 0 N–H and O–H groups in total. The number of para-hydroxylation sites is 1. The number of aromatic nitrogens is 1. The molecule has 2 atom stereocenters. The quantitative estimate of drug-likeness (QED) is 0.242. The normalized spacial score (nSPS) is 23.0. The molecular weight excluding hydrogens is 448 g/mol. The molecule has 4 aromatic carbocycles. The fourth-order valence-corrected chi connectivity index (χ4v) is 7.63. The van der Waals surface area contributed by atoms with Crippen molar-refractivity contribution in [3.63, 3.8) is 0 Å². The first-order valence-electron chi connectivity index (χ1n) is 13.8. The molecule has 2 aliphatic rings. The van der Waals surface area contributed by atoms with Crippen molar-refractivity contribution < 1.29 is 0 Å². The summed E-state index contributed by atoms with van der Waals surface area (Å²) in [6.45, 7) is 11.7. The van der Waals surface area contributed by atoms with Crippen LogP contribution in [0.1, 0.15) is 61.8 Å². The zero-order valence-corrected chi connectivity index (χ0v) is 22.7. The van der Waals surface area contributed by atoms with E-state index in [9.17, 15) is 0 Å². The molecule has 0 bridgehead atoms. The Morgan fingerprint density at radius 2 is 1.24 bits per heavy atom. The van der Waals surface area contributed by atoms with Crippen LogP contribution < -0.4 is 4.90 Å². The van der Waals surface area contributed by atoms with Gasteiger partial charge in [0.25, 0.3) is 0 Å². The lowest BCUT2D eigenvalue weighted by atomic mass is 9.61. The van der Waals surface area contributed by atoms with Crippen LogP contribution in [0.2, 0.25) is 0 Å². The molecule has 1 fully saturated rings. The lowest BCUT2D eigenvalue weighted by Gasteiger charge is -2.50. The number of rotatable bonds is 2. The Balaban J connectivity index is 1.50. The van der Waals surface area contributed by atoms with Gasteiger partial charge in [-0.05, 0) is 100 Å². The summed E-state index contributed by atoms with van der Waals surface area (Å²) < 4.78 is 2.48. The maximum Gasteiger partial charge on any atom is 0.0541 e. The van der Waals surface area contributed by atoms with Crippen molar-refractivity contribution in [2.45, 2.75) is 71.3 Å². The van der Waals surface area contributed by atoms with Crippen LogP contribution >= 0.6 is 0 Å². The van der Waals surface area contributed by atoms with Gasteiger partial charge in [0.05, 0.1) is 16.6 Å². The summed E-state index contributed by atoms with van der Waals surface area (Å²) in [4.78, 5) is 2.69. The lowest BCUT2D eigenvalue weighted by Crippen LogP contribution is -2.54. The van der Waals surface area contributed by atoms with E-state index in [1.165, 1.54) is 86.8 Å². The summed E-state index contributed by atoms with van der Waals surface area (Å²) in [5, 5.41) is 2.67. The summed E-state index contributed by atoms with van der Waals surface area (Å²) in [7, 11) is 0. The highest BCUT2D eigenvalue weighted by atomic mass is 15.3. The van der Waals surface area contributed by atoms with Gasteiger partial charge in [-0.2, -0.15) is 0 Å². The first-order valence-corrected chi connectivity index (χ1v) is 13.8. The van der Waals surface area contributed by atoms with Crippen molar-refractivity contribution in [2.75, 3.05) is 4.90 Å². The SMILES string of the molecule is Cc1cc(N2c3ccccc3C3(C)CCCCC23C)cc(-n2c3ccc(C)cc3c3cc(C)ccc32)c1. The van der Waals surface area contributed by atoms with E-state index in [0.29, 0.717) is 0 Å². The van der Waals surface area contributed by atoms with Crippen molar-refractivity contribution in [3.05, 3.63) is 101 Å². The molecule has 0 saturated heterocycles. The van der Waals surface area contributed by atoms with Crippen molar-refractivity contribution in [3.8, 4) is 5.69 Å². The van der Waals surface area contributed by atoms with Crippen molar-refractivity contribution in [1.82, 2.24) is 4.57 Å². The van der Waals surface area contributed by atoms with Gasteiger partial charge in [0.2, 0.25) is 0 Å². The van der Waals surface area contributed by atoms with Crippen molar-refractivity contribution >= 4 is 33.2 Å². The number of anilines is 2. The first-order chi connectivity index (χ1) is 17.8. The minimum atomic E-state index is 0.0645. The van der Waals surface area contributed by atoms with Gasteiger partial charge in [-0.3, -0.25) is 0 Å². The molecule has 1 aliphatic carbocycles. The van der Waals surface area contributed by atoms with Crippen LogP contribution in [-0.2, 0) is 5.41 Å². The Kier molecular flexibility index (Phi) is 4.74. The van der Waals surface area contributed by atoms with Crippen LogP contribution in [0.25, 0.3) is 27.5 Å². The van der Waals surface area contributed by atoms with Gasteiger partial charge in [-0.25, -0.2) is 0 Å². The molecule has 2 heterocycles. The van der Waals surface area contributed by atoms with Gasteiger partial charge >= 0.3 is 0 Å². The molecule has 1 aliphatic heterocycles. The van der Waals surface area contributed by atoms with Crippen LogP contribution in [-0.4, -0.2) is 10.1 Å². The van der Waals surface area contributed by atoms with Gasteiger partial charge in [0.15, 0.2) is 0 Å². The van der Waals surface area contributed by atoms with Crippen LogP contribution in [0.15, 0.2) is 78.9 Å². The predicted octanol–water partition coefficient (Wildman–Crippen LogP) is 9.45. The van der Waals surface area contributed by atoms with Gasteiger partial charge in [0, 0.05) is 33.2 Å². The summed E-state index contributed by atoms with van der Waals surface area (Å²) in [5.74, 6) is 0. The van der Waals surface area contributed by atoms with Gasteiger partial charge < -0.3 is 9.47 Å². The summed E-state index contributed by atoms with van der Waals surface area (Å²) in [5.41, 5.74) is 12.1. The Labute approximate surface area is 220 Å². The molecule has 2 nitrogen and oxygen atoms in total. The van der Waals surface area contributed by atoms with E-state index in [0.717, 1.165) is 0 Å². The minimum Gasteiger partial charge on any atom is -0.334 e. The average Bonchev–Trinajstić information content (AvgIpc) is 3.29. The number of benzene rings is 4. The fourth-order valence-electron chi connectivity index (χ4n) is 7.63. The Morgan fingerprint density at radius 3 is 1.95 bits per heavy atom. The van der Waals surface area contributed by atoms with Gasteiger partial charge in [-0.1, -0.05) is 61.2 Å². The third kappa shape index (κ3) is 3.05. The number of hydrogen-bond donors (Lipinski definition) is 0. The van der Waals surface area contributed by atoms with E-state index < -0.39 is 0 Å². The molecule has 1 aromatic heterocycles. The molecule has 5 aromatic rings. The molecule has 2 heteroatoms. The second kappa shape index (κ2) is 7.74. The molecular formula is C35H36N2. The van der Waals surface area contributed by atoms with E-state index in [1.807, 2.05) is 0 Å². The van der Waals surface area contributed by atoms with Crippen LogP contribution in [0.3, 0.4) is 0 Å². The maximum atomic E-state index is 2.69. The van der Waals surface area contributed by atoms with Gasteiger partial charge in [-0.15, -0.1) is 0 Å². The largest absolute Gasteiger partial charge is 0.334 e.